The number of alkyl halides is 6. The number of halogens is 6. The monoisotopic (exact) mass is 361 g/mol. The molecule has 0 fully saturated rings. The molecule has 0 saturated carbocycles. The summed E-state index contributed by atoms with van der Waals surface area (Å²) in [6.45, 7) is 0. The maximum atomic E-state index is 10.8. The van der Waals surface area contributed by atoms with E-state index in [-0.39, 0.29) is 5.91 Å². The van der Waals surface area contributed by atoms with Crippen LogP contribution in [-0.4, -0.2) is 40.4 Å². The van der Waals surface area contributed by atoms with Gasteiger partial charge in [-0.25, -0.2) is 9.59 Å². The number of carboxylic acids is 2. The van der Waals surface area contributed by atoms with Gasteiger partial charge in [0.1, 0.15) is 0 Å². The van der Waals surface area contributed by atoms with Gasteiger partial charge < -0.3 is 15.5 Å². The summed E-state index contributed by atoms with van der Waals surface area (Å²) in [7, 11) is 0. The summed E-state index contributed by atoms with van der Waals surface area (Å²) in [4.78, 5) is 28.6. The Morgan fingerprint density at radius 2 is 1.29 bits per heavy atom. The Bertz CT molecular complexity index is 560. The molecule has 2 rings (SSSR count). The van der Waals surface area contributed by atoms with E-state index in [4.69, 9.17) is 19.8 Å². The standard InChI is InChI=1S/C8H7NO.2C2HF3O2/c10-8-5-6-3-1-2-4-7(6)9-8;2*3-2(4,5)1(6)7/h1-4H,5H2,(H,9,10);2*(H,6,7). The number of carboxylic acid groups (broad SMARTS) is 2. The van der Waals surface area contributed by atoms with Crippen molar-refractivity contribution in [1.82, 2.24) is 0 Å². The molecule has 1 heterocycles. The average molecular weight is 361 g/mol. The number of hydrogen-bond donors (Lipinski definition) is 3. The van der Waals surface area contributed by atoms with Crippen molar-refractivity contribution < 1.29 is 50.9 Å². The Hall–Kier alpha value is -2.79. The quantitative estimate of drug-likeness (QED) is 0.616. The number of nitrogens with one attached hydrogen (secondary N) is 1. The molecule has 3 N–H and O–H groups in total. The van der Waals surface area contributed by atoms with Crippen LogP contribution in [0.25, 0.3) is 0 Å². The molecule has 0 spiro atoms. The lowest BCUT2D eigenvalue weighted by Crippen LogP contribution is -2.21. The molecular formula is C12H9F6NO5. The zero-order valence-electron chi connectivity index (χ0n) is 11.4. The molecule has 0 unspecified atom stereocenters. The molecule has 0 aliphatic carbocycles. The maximum Gasteiger partial charge on any atom is 0.490 e. The van der Waals surface area contributed by atoms with Crippen LogP contribution in [0.15, 0.2) is 24.3 Å². The molecule has 1 aliphatic rings. The van der Waals surface area contributed by atoms with Crippen LogP contribution in [0.4, 0.5) is 32.0 Å². The number of anilines is 1. The molecule has 0 aromatic heterocycles. The highest BCUT2D eigenvalue weighted by Crippen LogP contribution is 2.21. The lowest BCUT2D eigenvalue weighted by molar-refractivity contribution is -0.193. The molecule has 1 amide bonds. The largest absolute Gasteiger partial charge is 0.490 e. The van der Waals surface area contributed by atoms with E-state index in [1.807, 2.05) is 24.3 Å². The summed E-state index contributed by atoms with van der Waals surface area (Å²) >= 11 is 0. The van der Waals surface area contributed by atoms with Gasteiger partial charge in [-0.3, -0.25) is 4.79 Å². The lowest BCUT2D eigenvalue weighted by Gasteiger charge is -1.93. The molecule has 1 aromatic carbocycles. The Balaban J connectivity index is 0.000000343. The Morgan fingerprint density at radius 3 is 1.62 bits per heavy atom. The van der Waals surface area contributed by atoms with E-state index >= 15 is 0 Å². The second-order valence-corrected chi connectivity index (χ2v) is 3.99. The van der Waals surface area contributed by atoms with Crippen LogP contribution in [-0.2, 0) is 20.8 Å². The van der Waals surface area contributed by atoms with Crippen LogP contribution in [0.5, 0.6) is 0 Å². The second-order valence-electron chi connectivity index (χ2n) is 3.99. The summed E-state index contributed by atoms with van der Waals surface area (Å²) in [5.74, 6) is -5.42. The minimum Gasteiger partial charge on any atom is -0.475 e. The third kappa shape index (κ3) is 8.00. The van der Waals surface area contributed by atoms with E-state index in [9.17, 15) is 31.1 Å². The molecule has 0 saturated heterocycles. The van der Waals surface area contributed by atoms with Gasteiger partial charge in [-0.1, -0.05) is 18.2 Å². The summed E-state index contributed by atoms with van der Waals surface area (Å²) in [6.07, 6.45) is -9.63. The van der Waals surface area contributed by atoms with Crippen LogP contribution in [0, 0.1) is 0 Å². The highest BCUT2D eigenvalue weighted by atomic mass is 19.4. The van der Waals surface area contributed by atoms with Gasteiger partial charge in [0.2, 0.25) is 5.91 Å². The first-order valence-corrected chi connectivity index (χ1v) is 5.73. The van der Waals surface area contributed by atoms with Crippen LogP contribution in [0.2, 0.25) is 0 Å². The Morgan fingerprint density at radius 1 is 0.917 bits per heavy atom. The van der Waals surface area contributed by atoms with E-state index in [1.54, 1.807) is 0 Å². The van der Waals surface area contributed by atoms with E-state index in [2.05, 4.69) is 5.32 Å². The third-order valence-corrected chi connectivity index (χ3v) is 2.13. The highest BCUT2D eigenvalue weighted by molar-refractivity contribution is 5.98. The highest BCUT2D eigenvalue weighted by Gasteiger charge is 2.38. The summed E-state index contributed by atoms with van der Waals surface area (Å²) in [6, 6.07) is 7.75. The number of fused-ring (bicyclic) bond motifs is 1. The lowest BCUT2D eigenvalue weighted by atomic mass is 10.2. The number of carbonyl (C=O) groups is 3. The minimum absolute atomic E-state index is 0.0983. The smallest absolute Gasteiger partial charge is 0.475 e. The number of para-hydroxylation sites is 1. The SMILES string of the molecule is O=C(O)C(F)(F)F.O=C(O)C(F)(F)F.O=C1Cc2ccccc2N1. The average Bonchev–Trinajstić information content (AvgIpc) is 2.77. The fourth-order valence-electron chi connectivity index (χ4n) is 1.16. The van der Waals surface area contributed by atoms with E-state index in [1.165, 1.54) is 0 Å². The Labute approximate surface area is 129 Å². The molecule has 134 valence electrons. The predicted octanol–water partition coefficient (Wildman–Crippen LogP) is 2.45. The van der Waals surface area contributed by atoms with Crippen molar-refractivity contribution in [3.63, 3.8) is 0 Å². The van der Waals surface area contributed by atoms with Gasteiger partial charge in [0, 0.05) is 5.69 Å². The first kappa shape index (κ1) is 21.2. The number of benzene rings is 1. The zero-order valence-corrected chi connectivity index (χ0v) is 11.4. The fraction of sp³-hybridized carbons (Fsp3) is 0.250. The Kier molecular flexibility index (Phi) is 7.22. The van der Waals surface area contributed by atoms with Gasteiger partial charge in [0.25, 0.3) is 0 Å². The van der Waals surface area contributed by atoms with E-state index < -0.39 is 24.3 Å². The minimum atomic E-state index is -5.08. The van der Waals surface area contributed by atoms with Crippen molar-refractivity contribution in [2.75, 3.05) is 5.32 Å². The number of rotatable bonds is 0. The normalized spacial score (nSPS) is 12.7. The van der Waals surface area contributed by atoms with Gasteiger partial charge in [0.05, 0.1) is 6.42 Å². The van der Waals surface area contributed by atoms with Gasteiger partial charge in [-0.15, -0.1) is 0 Å². The molecule has 0 bridgehead atoms. The van der Waals surface area contributed by atoms with Gasteiger partial charge in [-0.2, -0.15) is 26.3 Å². The van der Waals surface area contributed by atoms with Crippen molar-refractivity contribution in [3.8, 4) is 0 Å². The first-order chi connectivity index (χ1) is 10.7. The third-order valence-electron chi connectivity index (χ3n) is 2.13. The van der Waals surface area contributed by atoms with Crippen molar-refractivity contribution in [2.45, 2.75) is 18.8 Å². The van der Waals surface area contributed by atoms with Crippen LogP contribution < -0.4 is 5.32 Å². The molecule has 0 atom stereocenters. The molecule has 1 aromatic rings. The molecular weight excluding hydrogens is 352 g/mol. The molecule has 1 aliphatic heterocycles. The van der Waals surface area contributed by atoms with Crippen molar-refractivity contribution in [1.29, 1.82) is 0 Å². The van der Waals surface area contributed by atoms with Crippen molar-refractivity contribution in [3.05, 3.63) is 29.8 Å². The number of amides is 1. The van der Waals surface area contributed by atoms with Crippen molar-refractivity contribution in [2.24, 2.45) is 0 Å². The van der Waals surface area contributed by atoms with Gasteiger partial charge >= 0.3 is 24.3 Å². The topological polar surface area (TPSA) is 104 Å². The summed E-state index contributed by atoms with van der Waals surface area (Å²) in [5.41, 5.74) is 2.07. The van der Waals surface area contributed by atoms with Crippen LogP contribution in [0.1, 0.15) is 5.56 Å². The molecule has 0 radical (unpaired) electrons. The van der Waals surface area contributed by atoms with Crippen LogP contribution >= 0.6 is 0 Å². The zero-order chi connectivity index (χ0) is 19.1. The molecule has 12 heteroatoms. The first-order valence-electron chi connectivity index (χ1n) is 5.73. The number of carbonyl (C=O) groups excluding carboxylic acids is 1. The molecule has 24 heavy (non-hydrogen) atoms. The van der Waals surface area contributed by atoms with Gasteiger partial charge in [-0.05, 0) is 11.6 Å². The van der Waals surface area contributed by atoms with E-state index in [0.717, 1.165) is 11.3 Å². The van der Waals surface area contributed by atoms with E-state index in [0.29, 0.717) is 6.42 Å². The predicted molar refractivity (Wildman–Crippen MR) is 66.2 cm³/mol. The van der Waals surface area contributed by atoms with Crippen LogP contribution in [0.3, 0.4) is 0 Å². The summed E-state index contributed by atoms with van der Waals surface area (Å²) in [5, 5.41) is 17.0. The van der Waals surface area contributed by atoms with Crippen molar-refractivity contribution >= 4 is 23.5 Å². The molecule has 6 nitrogen and oxygen atoms in total. The summed E-state index contributed by atoms with van der Waals surface area (Å²) < 4.78 is 63.5. The second kappa shape index (κ2) is 8.17. The maximum absolute atomic E-state index is 10.8. The number of aliphatic carboxylic acids is 2. The fourth-order valence-corrected chi connectivity index (χ4v) is 1.16. The van der Waals surface area contributed by atoms with Gasteiger partial charge in [0.15, 0.2) is 0 Å². The number of hydrogen-bond acceptors (Lipinski definition) is 3.